The van der Waals surface area contributed by atoms with Crippen molar-refractivity contribution in [2.24, 2.45) is 0 Å². The predicted octanol–water partition coefficient (Wildman–Crippen LogP) is 2.10. The zero-order valence-electron chi connectivity index (χ0n) is 13.8. The Morgan fingerprint density at radius 3 is 2.79 bits per heavy atom. The van der Waals surface area contributed by atoms with Crippen LogP contribution in [0.1, 0.15) is 24.0 Å². The molecule has 3 rings (SSSR count). The van der Waals surface area contributed by atoms with Crippen molar-refractivity contribution in [2.45, 2.75) is 32.0 Å². The molecule has 0 radical (unpaired) electrons. The van der Waals surface area contributed by atoms with Crippen molar-refractivity contribution >= 4 is 6.03 Å². The molecule has 1 aliphatic rings. The summed E-state index contributed by atoms with van der Waals surface area (Å²) in [5, 5.41) is 15.8. The smallest absolute Gasteiger partial charge is 0.315 e. The fourth-order valence-electron chi connectivity index (χ4n) is 2.70. The van der Waals surface area contributed by atoms with Crippen LogP contribution in [-0.2, 0) is 12.0 Å². The Kier molecular flexibility index (Phi) is 4.49. The molecule has 0 unspecified atom stereocenters. The first-order valence-electron chi connectivity index (χ1n) is 7.99. The summed E-state index contributed by atoms with van der Waals surface area (Å²) >= 11 is 0. The zero-order chi connectivity index (χ0) is 17.2. The van der Waals surface area contributed by atoms with Crippen molar-refractivity contribution in [3.05, 3.63) is 53.5 Å². The van der Waals surface area contributed by atoms with E-state index in [4.69, 9.17) is 9.15 Å². The molecule has 0 aliphatic carbocycles. The van der Waals surface area contributed by atoms with Crippen LogP contribution >= 0.6 is 0 Å². The normalized spacial score (nSPS) is 18.4. The maximum Gasteiger partial charge on any atom is 0.315 e. The molecular weight excluding hydrogens is 308 g/mol. The molecule has 6 heteroatoms. The van der Waals surface area contributed by atoms with Gasteiger partial charge < -0.3 is 24.9 Å². The molecule has 0 fully saturated rings. The molecular formula is C18H22N2O4. The minimum atomic E-state index is -1.26. The highest BCUT2D eigenvalue weighted by Crippen LogP contribution is 2.27. The average Bonchev–Trinajstić information content (AvgIpc) is 3.17. The van der Waals surface area contributed by atoms with Gasteiger partial charge in [0.05, 0.1) is 13.1 Å². The third-order valence-corrected chi connectivity index (χ3v) is 4.07. The van der Waals surface area contributed by atoms with Crippen LogP contribution in [0.2, 0.25) is 0 Å². The van der Waals surface area contributed by atoms with Gasteiger partial charge in [0.1, 0.15) is 29.0 Å². The Hall–Kier alpha value is -2.47. The monoisotopic (exact) mass is 330 g/mol. The van der Waals surface area contributed by atoms with E-state index >= 15 is 0 Å². The number of para-hydroxylation sites is 1. The Bertz CT molecular complexity index is 698. The minimum absolute atomic E-state index is 0.0531. The zero-order valence-corrected chi connectivity index (χ0v) is 13.8. The fraction of sp³-hybridized carbons (Fsp3) is 0.389. The standard InChI is InChI=1S/C18H22N2O4/c1-12-7-8-16(23-12)18(2,22)11-20-17(21)19-10-14-9-13-5-3-4-6-15(13)24-14/h3-8,14,22H,9-11H2,1-2H3,(H2,19,20,21)/t14-,18-/m0/s1. The third kappa shape index (κ3) is 3.71. The number of carbonyl (C=O) groups excluding carboxylic acids is 1. The summed E-state index contributed by atoms with van der Waals surface area (Å²) in [7, 11) is 0. The number of aliphatic hydroxyl groups is 1. The highest BCUT2D eigenvalue weighted by atomic mass is 16.5. The van der Waals surface area contributed by atoms with Crippen LogP contribution < -0.4 is 15.4 Å². The van der Waals surface area contributed by atoms with Crippen LogP contribution in [0, 0.1) is 6.92 Å². The van der Waals surface area contributed by atoms with E-state index < -0.39 is 5.60 Å². The number of benzene rings is 1. The van der Waals surface area contributed by atoms with E-state index in [1.165, 1.54) is 0 Å². The van der Waals surface area contributed by atoms with Crippen LogP contribution in [-0.4, -0.2) is 30.3 Å². The van der Waals surface area contributed by atoms with Gasteiger partial charge in [-0.15, -0.1) is 0 Å². The summed E-state index contributed by atoms with van der Waals surface area (Å²) < 4.78 is 11.2. The Labute approximate surface area is 140 Å². The van der Waals surface area contributed by atoms with E-state index in [0.29, 0.717) is 18.1 Å². The molecule has 0 saturated carbocycles. The number of nitrogens with one attached hydrogen (secondary N) is 2. The summed E-state index contributed by atoms with van der Waals surface area (Å²) in [6, 6.07) is 11.0. The summed E-state index contributed by atoms with van der Waals surface area (Å²) in [4.78, 5) is 11.9. The molecule has 128 valence electrons. The predicted molar refractivity (Wildman–Crippen MR) is 89.0 cm³/mol. The number of hydrogen-bond donors (Lipinski definition) is 3. The van der Waals surface area contributed by atoms with Gasteiger partial charge in [-0.25, -0.2) is 4.79 Å². The summed E-state index contributed by atoms with van der Waals surface area (Å²) in [6.45, 7) is 3.86. The van der Waals surface area contributed by atoms with Crippen molar-refractivity contribution in [1.82, 2.24) is 10.6 Å². The number of amides is 2. The number of furan rings is 1. The lowest BCUT2D eigenvalue weighted by Crippen LogP contribution is -2.45. The average molecular weight is 330 g/mol. The molecule has 3 N–H and O–H groups in total. The van der Waals surface area contributed by atoms with Gasteiger partial charge in [0.25, 0.3) is 0 Å². The fourth-order valence-corrected chi connectivity index (χ4v) is 2.70. The molecule has 2 amide bonds. The van der Waals surface area contributed by atoms with Crippen LogP contribution in [0.5, 0.6) is 5.75 Å². The van der Waals surface area contributed by atoms with E-state index in [1.54, 1.807) is 26.0 Å². The SMILES string of the molecule is Cc1ccc([C@@](C)(O)CNC(=O)NC[C@@H]2Cc3ccccc3O2)o1. The molecule has 2 heterocycles. The molecule has 1 aromatic carbocycles. The largest absolute Gasteiger partial charge is 0.488 e. The van der Waals surface area contributed by atoms with Gasteiger partial charge in [-0.2, -0.15) is 0 Å². The van der Waals surface area contributed by atoms with Gasteiger partial charge in [0.15, 0.2) is 0 Å². The number of ether oxygens (including phenoxy) is 1. The summed E-state index contributed by atoms with van der Waals surface area (Å²) in [5.41, 5.74) is -0.105. The number of urea groups is 1. The number of carbonyl (C=O) groups is 1. The molecule has 0 spiro atoms. The second-order valence-corrected chi connectivity index (χ2v) is 6.30. The van der Waals surface area contributed by atoms with Gasteiger partial charge in [-0.1, -0.05) is 18.2 Å². The molecule has 24 heavy (non-hydrogen) atoms. The molecule has 6 nitrogen and oxygen atoms in total. The maximum atomic E-state index is 11.9. The lowest BCUT2D eigenvalue weighted by Gasteiger charge is -2.21. The van der Waals surface area contributed by atoms with Gasteiger partial charge in [0.2, 0.25) is 0 Å². The maximum absolute atomic E-state index is 11.9. The Balaban J connectivity index is 1.44. The lowest BCUT2D eigenvalue weighted by atomic mass is 10.0. The van der Waals surface area contributed by atoms with Crippen molar-refractivity contribution < 1.29 is 19.1 Å². The van der Waals surface area contributed by atoms with E-state index in [0.717, 1.165) is 17.7 Å². The first-order chi connectivity index (χ1) is 11.4. The first kappa shape index (κ1) is 16.4. The highest BCUT2D eigenvalue weighted by Gasteiger charge is 2.28. The van der Waals surface area contributed by atoms with E-state index in [9.17, 15) is 9.90 Å². The second kappa shape index (κ2) is 6.57. The molecule has 1 aliphatic heterocycles. The minimum Gasteiger partial charge on any atom is -0.488 e. The van der Waals surface area contributed by atoms with Gasteiger partial charge in [0, 0.05) is 6.42 Å². The van der Waals surface area contributed by atoms with E-state index in [1.807, 2.05) is 24.3 Å². The summed E-state index contributed by atoms with van der Waals surface area (Å²) in [6.07, 6.45) is 0.709. The number of hydrogen-bond acceptors (Lipinski definition) is 4. The highest BCUT2D eigenvalue weighted by molar-refractivity contribution is 5.74. The molecule has 0 bridgehead atoms. The molecule has 2 aromatic rings. The van der Waals surface area contributed by atoms with Crippen LogP contribution in [0.4, 0.5) is 4.79 Å². The quantitative estimate of drug-likeness (QED) is 0.784. The van der Waals surface area contributed by atoms with E-state index in [2.05, 4.69) is 10.6 Å². The van der Waals surface area contributed by atoms with Gasteiger partial charge in [-0.05, 0) is 37.6 Å². The van der Waals surface area contributed by atoms with Crippen molar-refractivity contribution in [1.29, 1.82) is 0 Å². The topological polar surface area (TPSA) is 83.7 Å². The van der Waals surface area contributed by atoms with Crippen molar-refractivity contribution in [2.75, 3.05) is 13.1 Å². The third-order valence-electron chi connectivity index (χ3n) is 4.07. The lowest BCUT2D eigenvalue weighted by molar-refractivity contribution is 0.0359. The number of rotatable bonds is 5. The van der Waals surface area contributed by atoms with Crippen molar-refractivity contribution in [3.8, 4) is 5.75 Å². The second-order valence-electron chi connectivity index (χ2n) is 6.30. The number of aryl methyl sites for hydroxylation is 1. The molecule has 1 aromatic heterocycles. The van der Waals surface area contributed by atoms with Crippen LogP contribution in [0.25, 0.3) is 0 Å². The summed E-state index contributed by atoms with van der Waals surface area (Å²) in [5.74, 6) is 2.02. The Morgan fingerprint density at radius 2 is 2.08 bits per heavy atom. The molecule has 0 saturated heterocycles. The van der Waals surface area contributed by atoms with E-state index in [-0.39, 0.29) is 18.7 Å². The Morgan fingerprint density at radius 1 is 1.29 bits per heavy atom. The van der Waals surface area contributed by atoms with Gasteiger partial charge in [-0.3, -0.25) is 0 Å². The van der Waals surface area contributed by atoms with Crippen LogP contribution in [0.3, 0.4) is 0 Å². The number of fused-ring (bicyclic) bond motifs is 1. The molecule has 2 atom stereocenters. The van der Waals surface area contributed by atoms with Crippen molar-refractivity contribution in [3.63, 3.8) is 0 Å². The van der Waals surface area contributed by atoms with Crippen LogP contribution in [0.15, 0.2) is 40.8 Å². The van der Waals surface area contributed by atoms with Gasteiger partial charge >= 0.3 is 6.03 Å². The first-order valence-corrected chi connectivity index (χ1v) is 7.99.